The summed E-state index contributed by atoms with van der Waals surface area (Å²) < 4.78 is 0. The van der Waals surface area contributed by atoms with Crippen molar-refractivity contribution < 1.29 is 173 Å². The standard InChI is InChI=1S/9H4O4Si/c9*1-5(2,3)4/h9*1-4H. The fourth-order valence-electron chi connectivity index (χ4n) is 0. The molecule has 0 aromatic carbocycles. The van der Waals surface area contributed by atoms with Gasteiger partial charge < -0.3 is 173 Å². The van der Waals surface area contributed by atoms with Crippen LogP contribution in [-0.4, -0.2) is 254 Å². The van der Waals surface area contributed by atoms with Gasteiger partial charge in [0.05, 0.1) is 0 Å². The average Bonchev–Trinajstić information content (AvgIpc) is 2.26. The van der Waals surface area contributed by atoms with Crippen LogP contribution in [0, 0.1) is 0 Å². The highest BCUT2D eigenvalue weighted by molar-refractivity contribution is 6.48. The third-order valence-electron chi connectivity index (χ3n) is 0. The lowest BCUT2D eigenvalue weighted by molar-refractivity contribution is 0.115. The van der Waals surface area contributed by atoms with Crippen molar-refractivity contribution in [1.29, 1.82) is 0 Å². The first-order valence-electron chi connectivity index (χ1n) is 8.05. The zero-order valence-corrected chi connectivity index (χ0v) is 29.6. The lowest BCUT2D eigenvalue weighted by Gasteiger charge is -1.91. The molecular weight excluding hydrogens is 829 g/mol. The quantitative estimate of drug-likeness (QED) is 0.101. The van der Waals surface area contributed by atoms with Gasteiger partial charge in [-0.25, -0.2) is 0 Å². The number of hydrogen-bond donors (Lipinski definition) is 36. The third-order valence-corrected chi connectivity index (χ3v) is 0. The Morgan fingerprint density at radius 3 is 0.0889 bits per heavy atom. The van der Waals surface area contributed by atoms with Gasteiger partial charge in [-0.3, -0.25) is 0 Å². The van der Waals surface area contributed by atoms with Crippen molar-refractivity contribution in [1.82, 2.24) is 0 Å². The summed E-state index contributed by atoms with van der Waals surface area (Å²) in [6.07, 6.45) is 0. The van der Waals surface area contributed by atoms with Gasteiger partial charge in [0.25, 0.3) is 0 Å². The van der Waals surface area contributed by atoms with Crippen molar-refractivity contribution in [2.24, 2.45) is 0 Å². The minimum atomic E-state index is -4.61. The van der Waals surface area contributed by atoms with Crippen molar-refractivity contribution in [3.8, 4) is 0 Å². The zero-order chi connectivity index (χ0) is 40.5. The summed E-state index contributed by atoms with van der Waals surface area (Å²) in [4.78, 5) is 264. The molecule has 0 amide bonds. The Labute approximate surface area is 254 Å². The summed E-state index contributed by atoms with van der Waals surface area (Å²) in [6, 6.07) is 0. The Bertz CT molecular complexity index is 343. The maximum Gasteiger partial charge on any atom is 0.668 e. The van der Waals surface area contributed by atoms with Crippen molar-refractivity contribution in [3.63, 3.8) is 0 Å². The van der Waals surface area contributed by atoms with E-state index >= 15 is 0 Å². The van der Waals surface area contributed by atoms with Gasteiger partial charge in [-0.05, 0) is 0 Å². The Hall–Kier alpha value is 0.512. The van der Waals surface area contributed by atoms with Crippen LogP contribution in [0.25, 0.3) is 0 Å². The molecule has 288 valence electrons. The molecule has 0 heterocycles. The van der Waals surface area contributed by atoms with Gasteiger partial charge >= 0.3 is 81.4 Å². The van der Waals surface area contributed by atoms with Crippen molar-refractivity contribution in [2.75, 3.05) is 0 Å². The summed E-state index contributed by atoms with van der Waals surface area (Å²) in [5.74, 6) is 0. The van der Waals surface area contributed by atoms with Gasteiger partial charge in [0, 0.05) is 0 Å². The molecule has 0 fully saturated rings. The Morgan fingerprint density at radius 1 is 0.0889 bits per heavy atom. The second-order valence-corrected chi connectivity index (χ2v) is 16.2. The molecule has 0 aliphatic carbocycles. The van der Waals surface area contributed by atoms with Crippen LogP contribution in [0.5, 0.6) is 0 Å². The van der Waals surface area contributed by atoms with Gasteiger partial charge in [-0.15, -0.1) is 0 Å². The molecule has 0 aliphatic heterocycles. The predicted octanol–water partition coefficient (Wildman–Crippen LogP) is -23.5. The summed E-state index contributed by atoms with van der Waals surface area (Å²) in [5, 5.41) is 0. The first-order chi connectivity index (χ1) is 18.0. The molecule has 0 rings (SSSR count). The molecule has 45 heteroatoms. The molecule has 36 nitrogen and oxygen atoms in total. The molecule has 0 saturated carbocycles. The molecule has 36 N–H and O–H groups in total. The maximum absolute atomic E-state index is 7.33. The molecule has 0 spiro atoms. The lowest BCUT2D eigenvalue weighted by atomic mass is 15.7. The Balaban J connectivity index is -0.0000000463. The van der Waals surface area contributed by atoms with Crippen LogP contribution in [0.3, 0.4) is 0 Å². The van der Waals surface area contributed by atoms with E-state index in [0.717, 1.165) is 0 Å². The van der Waals surface area contributed by atoms with E-state index in [9.17, 15) is 0 Å². The van der Waals surface area contributed by atoms with Crippen LogP contribution >= 0.6 is 0 Å². The molecule has 0 aromatic heterocycles. The predicted molar refractivity (Wildman–Crippen MR) is 132 cm³/mol. The minimum absolute atomic E-state index is 4.61. The topological polar surface area (TPSA) is 728 Å². The molecule has 0 radical (unpaired) electrons. The van der Waals surface area contributed by atoms with Crippen LogP contribution in [0.4, 0.5) is 0 Å². The van der Waals surface area contributed by atoms with Gasteiger partial charge in [0.15, 0.2) is 0 Å². The monoisotopic (exact) mass is 864 g/mol. The highest BCUT2D eigenvalue weighted by atomic mass is 28.4. The number of hydrogen-bond acceptors (Lipinski definition) is 36. The van der Waals surface area contributed by atoms with Crippen LogP contribution < -0.4 is 0 Å². The van der Waals surface area contributed by atoms with E-state index in [1.54, 1.807) is 0 Å². The second-order valence-electron chi connectivity index (χ2n) is 5.40. The van der Waals surface area contributed by atoms with Crippen LogP contribution in [0.2, 0.25) is 0 Å². The molecule has 45 heavy (non-hydrogen) atoms. The van der Waals surface area contributed by atoms with Gasteiger partial charge in [0.1, 0.15) is 0 Å². The first-order valence-corrected chi connectivity index (χ1v) is 24.1. The SMILES string of the molecule is O[Si](O)(O)O.O[Si](O)(O)O.O[Si](O)(O)O.O[Si](O)(O)O.O[Si](O)(O)O.O[Si](O)(O)O.O[Si](O)(O)O.O[Si](O)(O)O.O[Si](O)(O)O. The largest absolute Gasteiger partial charge is 0.668 e. The Morgan fingerprint density at radius 2 is 0.0889 bits per heavy atom. The van der Waals surface area contributed by atoms with Gasteiger partial charge in [-0.2, -0.15) is 0 Å². The maximum atomic E-state index is 7.33. The molecule has 0 saturated heterocycles. The van der Waals surface area contributed by atoms with Gasteiger partial charge in [-0.1, -0.05) is 0 Å². The average molecular weight is 865 g/mol. The van der Waals surface area contributed by atoms with E-state index in [2.05, 4.69) is 0 Å². The molecule has 0 bridgehead atoms. The smallest absolute Gasteiger partial charge is 0.368 e. The van der Waals surface area contributed by atoms with Gasteiger partial charge in [0.2, 0.25) is 0 Å². The molecule has 0 unspecified atom stereocenters. The molecule has 0 aliphatic rings. The second kappa shape index (κ2) is 28.4. The molecule has 0 aromatic rings. The third kappa shape index (κ3) is 307000. The van der Waals surface area contributed by atoms with E-state index in [-0.39, 0.29) is 0 Å². The summed E-state index contributed by atoms with van der Waals surface area (Å²) >= 11 is 0. The first kappa shape index (κ1) is 67.6. The summed E-state index contributed by atoms with van der Waals surface area (Å²) in [6.45, 7) is 0. The summed E-state index contributed by atoms with van der Waals surface area (Å²) in [7, 11) is -41.5. The fraction of sp³-hybridized carbons (Fsp3) is 0. The molecular formula is H36O36Si9. The van der Waals surface area contributed by atoms with E-state index in [0.29, 0.717) is 0 Å². The van der Waals surface area contributed by atoms with E-state index in [1.165, 1.54) is 0 Å². The normalized spacial score (nSPS) is 12.0. The summed E-state index contributed by atoms with van der Waals surface area (Å²) in [5.41, 5.74) is 0. The highest BCUT2D eigenvalue weighted by Gasteiger charge is 2.25. The highest BCUT2D eigenvalue weighted by Crippen LogP contribution is 1.70. The van der Waals surface area contributed by atoms with Crippen molar-refractivity contribution >= 4 is 81.4 Å². The van der Waals surface area contributed by atoms with Crippen molar-refractivity contribution in [2.45, 2.75) is 0 Å². The minimum Gasteiger partial charge on any atom is -0.368 e. The van der Waals surface area contributed by atoms with E-state index < -0.39 is 81.4 Å². The zero-order valence-electron chi connectivity index (χ0n) is 20.6. The number of rotatable bonds is 0. The fourth-order valence-corrected chi connectivity index (χ4v) is 0. The van der Waals surface area contributed by atoms with Crippen LogP contribution in [-0.2, 0) is 0 Å². The van der Waals surface area contributed by atoms with E-state index in [1.807, 2.05) is 0 Å². The van der Waals surface area contributed by atoms with Crippen LogP contribution in [0.1, 0.15) is 0 Å². The lowest BCUT2D eigenvalue weighted by Crippen LogP contribution is -2.33. The Kier molecular flexibility index (Phi) is 42.6. The van der Waals surface area contributed by atoms with Crippen LogP contribution in [0.15, 0.2) is 0 Å². The molecule has 0 atom stereocenters. The van der Waals surface area contributed by atoms with E-state index in [4.69, 9.17) is 173 Å². The van der Waals surface area contributed by atoms with Crippen molar-refractivity contribution in [3.05, 3.63) is 0 Å².